The van der Waals surface area contributed by atoms with Crippen molar-refractivity contribution in [1.82, 2.24) is 4.98 Å². The van der Waals surface area contributed by atoms with E-state index < -0.39 is 5.97 Å². The number of hydrogen-bond donors (Lipinski definition) is 2. The molecule has 1 aromatic rings. The van der Waals surface area contributed by atoms with Gasteiger partial charge in [-0.15, -0.1) is 0 Å². The van der Waals surface area contributed by atoms with Crippen molar-refractivity contribution in [2.24, 2.45) is 11.3 Å². The number of amides is 1. The molecule has 5 nitrogen and oxygen atoms in total. The molecule has 1 unspecified atom stereocenters. The highest BCUT2D eigenvalue weighted by atomic mass is 16.4. The van der Waals surface area contributed by atoms with Gasteiger partial charge in [0.1, 0.15) is 5.82 Å². The summed E-state index contributed by atoms with van der Waals surface area (Å²) in [6, 6.07) is 4.58. The van der Waals surface area contributed by atoms with Crippen molar-refractivity contribution >= 4 is 17.7 Å². The van der Waals surface area contributed by atoms with E-state index in [2.05, 4.69) is 24.1 Å². The number of carbonyl (C=O) groups excluding carboxylic acids is 1. The third-order valence-corrected chi connectivity index (χ3v) is 3.79. The first-order valence-electron chi connectivity index (χ1n) is 6.41. The fourth-order valence-electron chi connectivity index (χ4n) is 2.65. The number of aromatic carboxylic acids is 1. The fourth-order valence-corrected chi connectivity index (χ4v) is 2.65. The maximum atomic E-state index is 12.2. The summed E-state index contributed by atoms with van der Waals surface area (Å²) in [7, 11) is 0. The Balaban J connectivity index is 2.11. The lowest BCUT2D eigenvalue weighted by atomic mass is 9.81. The summed E-state index contributed by atoms with van der Waals surface area (Å²) >= 11 is 0. The topological polar surface area (TPSA) is 79.3 Å². The fraction of sp³-hybridized carbons (Fsp3) is 0.500. The molecule has 2 N–H and O–H groups in total. The standard InChI is InChI=1S/C14H18N2O3/c1-14(2)8-4-5-9(14)12(17)16-11-7-3-6-10(15-11)13(18)19/h3,6-7,9H,4-5,8H2,1-2H3,(H,18,19)(H,15,16,17). The lowest BCUT2D eigenvalue weighted by Gasteiger charge is -2.25. The first-order valence-corrected chi connectivity index (χ1v) is 6.41. The highest BCUT2D eigenvalue weighted by molar-refractivity contribution is 5.93. The Kier molecular flexibility index (Phi) is 3.55. The van der Waals surface area contributed by atoms with Crippen LogP contribution in [0.15, 0.2) is 18.2 Å². The molecule has 0 radical (unpaired) electrons. The van der Waals surface area contributed by atoms with Crippen LogP contribution in [0.3, 0.4) is 0 Å². The van der Waals surface area contributed by atoms with Crippen molar-refractivity contribution in [1.29, 1.82) is 0 Å². The van der Waals surface area contributed by atoms with Crippen LogP contribution >= 0.6 is 0 Å². The maximum Gasteiger partial charge on any atom is 0.354 e. The second-order valence-corrected chi connectivity index (χ2v) is 5.64. The van der Waals surface area contributed by atoms with E-state index in [1.54, 1.807) is 12.1 Å². The molecule has 1 aromatic heterocycles. The first kappa shape index (κ1) is 13.5. The van der Waals surface area contributed by atoms with Gasteiger partial charge in [0.2, 0.25) is 5.91 Å². The minimum atomic E-state index is -1.10. The number of rotatable bonds is 3. The molecule has 0 saturated heterocycles. The van der Waals surface area contributed by atoms with Crippen molar-refractivity contribution in [3.8, 4) is 0 Å². The van der Waals surface area contributed by atoms with E-state index >= 15 is 0 Å². The second-order valence-electron chi connectivity index (χ2n) is 5.64. The number of hydrogen-bond acceptors (Lipinski definition) is 3. The van der Waals surface area contributed by atoms with Crippen LogP contribution in [0.2, 0.25) is 0 Å². The first-order chi connectivity index (χ1) is 8.90. The molecule has 102 valence electrons. The van der Waals surface area contributed by atoms with Gasteiger partial charge in [-0.3, -0.25) is 4.79 Å². The van der Waals surface area contributed by atoms with E-state index in [0.717, 1.165) is 19.3 Å². The molecule has 1 heterocycles. The molecule has 1 saturated carbocycles. The van der Waals surface area contributed by atoms with Gasteiger partial charge in [-0.25, -0.2) is 9.78 Å². The van der Waals surface area contributed by atoms with Gasteiger partial charge in [0.05, 0.1) is 0 Å². The largest absolute Gasteiger partial charge is 0.477 e. The van der Waals surface area contributed by atoms with Crippen LogP contribution in [0.5, 0.6) is 0 Å². The minimum Gasteiger partial charge on any atom is -0.477 e. The molecule has 1 atom stereocenters. The van der Waals surface area contributed by atoms with E-state index in [4.69, 9.17) is 5.11 Å². The Labute approximate surface area is 112 Å². The average Bonchev–Trinajstić information content (AvgIpc) is 2.69. The maximum absolute atomic E-state index is 12.2. The van der Waals surface area contributed by atoms with E-state index in [-0.39, 0.29) is 22.9 Å². The zero-order chi connectivity index (χ0) is 14.0. The van der Waals surface area contributed by atoms with Gasteiger partial charge >= 0.3 is 5.97 Å². The number of anilines is 1. The molecule has 0 bridgehead atoms. The highest BCUT2D eigenvalue weighted by Crippen LogP contribution is 2.42. The third-order valence-electron chi connectivity index (χ3n) is 3.79. The van der Waals surface area contributed by atoms with Crippen LogP contribution in [0, 0.1) is 11.3 Å². The molecule has 1 amide bonds. The second kappa shape index (κ2) is 4.99. The van der Waals surface area contributed by atoms with Gasteiger partial charge in [-0.05, 0) is 30.4 Å². The van der Waals surface area contributed by atoms with Crippen LogP contribution in [0.4, 0.5) is 5.82 Å². The van der Waals surface area contributed by atoms with Gasteiger partial charge < -0.3 is 10.4 Å². The number of carbonyl (C=O) groups is 2. The lowest BCUT2D eigenvalue weighted by Crippen LogP contribution is -2.31. The quantitative estimate of drug-likeness (QED) is 0.877. The lowest BCUT2D eigenvalue weighted by molar-refractivity contribution is -0.122. The summed E-state index contributed by atoms with van der Waals surface area (Å²) in [6.45, 7) is 4.18. The van der Waals surface area contributed by atoms with E-state index in [9.17, 15) is 9.59 Å². The van der Waals surface area contributed by atoms with Crippen molar-refractivity contribution in [3.05, 3.63) is 23.9 Å². The van der Waals surface area contributed by atoms with Gasteiger partial charge in [-0.1, -0.05) is 26.3 Å². The Hall–Kier alpha value is -1.91. The Bertz CT molecular complexity index is 511. The van der Waals surface area contributed by atoms with Crippen LogP contribution in [0.25, 0.3) is 0 Å². The monoisotopic (exact) mass is 262 g/mol. The molecule has 0 aliphatic heterocycles. The number of carboxylic acid groups (broad SMARTS) is 1. The van der Waals surface area contributed by atoms with Crippen molar-refractivity contribution < 1.29 is 14.7 Å². The Morgan fingerprint density at radius 3 is 2.74 bits per heavy atom. The third kappa shape index (κ3) is 2.92. The molecule has 0 aromatic carbocycles. The molecule has 1 aliphatic carbocycles. The van der Waals surface area contributed by atoms with Gasteiger partial charge in [0, 0.05) is 5.92 Å². The molecule has 19 heavy (non-hydrogen) atoms. The molecule has 1 aliphatic rings. The zero-order valence-electron chi connectivity index (χ0n) is 11.1. The predicted octanol–water partition coefficient (Wildman–Crippen LogP) is 2.54. The molecule has 0 spiro atoms. The van der Waals surface area contributed by atoms with Gasteiger partial charge in [-0.2, -0.15) is 0 Å². The van der Waals surface area contributed by atoms with Crippen LogP contribution < -0.4 is 5.32 Å². The molecule has 5 heteroatoms. The van der Waals surface area contributed by atoms with E-state index in [1.165, 1.54) is 6.07 Å². The van der Waals surface area contributed by atoms with Crippen molar-refractivity contribution in [2.45, 2.75) is 33.1 Å². The van der Waals surface area contributed by atoms with Crippen LogP contribution in [-0.4, -0.2) is 22.0 Å². The Morgan fingerprint density at radius 1 is 1.42 bits per heavy atom. The summed E-state index contributed by atoms with van der Waals surface area (Å²) in [6.07, 6.45) is 2.96. The van der Waals surface area contributed by atoms with Gasteiger partial charge in [0.25, 0.3) is 0 Å². The number of nitrogens with one attached hydrogen (secondary N) is 1. The Morgan fingerprint density at radius 2 is 2.16 bits per heavy atom. The summed E-state index contributed by atoms with van der Waals surface area (Å²) in [5, 5.41) is 11.6. The van der Waals surface area contributed by atoms with Crippen LogP contribution in [-0.2, 0) is 4.79 Å². The molecular weight excluding hydrogens is 244 g/mol. The zero-order valence-corrected chi connectivity index (χ0v) is 11.1. The predicted molar refractivity (Wildman–Crippen MR) is 70.9 cm³/mol. The van der Waals surface area contributed by atoms with E-state index in [0.29, 0.717) is 5.82 Å². The summed E-state index contributed by atoms with van der Waals surface area (Å²) < 4.78 is 0. The highest BCUT2D eigenvalue weighted by Gasteiger charge is 2.39. The van der Waals surface area contributed by atoms with Gasteiger partial charge in [0.15, 0.2) is 5.69 Å². The normalized spacial score (nSPS) is 21.1. The van der Waals surface area contributed by atoms with Crippen molar-refractivity contribution in [2.75, 3.05) is 5.32 Å². The molecule has 2 rings (SSSR count). The number of pyridine rings is 1. The number of aromatic nitrogens is 1. The minimum absolute atomic E-state index is 0.00546. The number of carboxylic acids is 1. The summed E-state index contributed by atoms with van der Waals surface area (Å²) in [5.74, 6) is -0.912. The summed E-state index contributed by atoms with van der Waals surface area (Å²) in [4.78, 5) is 26.9. The van der Waals surface area contributed by atoms with E-state index in [1.807, 2.05) is 0 Å². The number of nitrogens with zero attached hydrogens (tertiary/aromatic N) is 1. The molecular formula is C14H18N2O3. The average molecular weight is 262 g/mol. The molecule has 1 fully saturated rings. The smallest absolute Gasteiger partial charge is 0.354 e. The van der Waals surface area contributed by atoms with Crippen molar-refractivity contribution in [3.63, 3.8) is 0 Å². The SMILES string of the molecule is CC1(C)CCCC1C(=O)Nc1cccc(C(=O)O)n1. The van der Waals surface area contributed by atoms with Crippen LogP contribution in [0.1, 0.15) is 43.6 Å². The summed E-state index contributed by atoms with van der Waals surface area (Å²) in [5.41, 5.74) is -0.0717.